The number of aliphatic hydroxyl groups is 1. The monoisotopic (exact) mass is 1460 g/mol. The highest BCUT2D eigenvalue weighted by Crippen LogP contribution is 2.23. The molecule has 2 fully saturated rings. The summed E-state index contributed by atoms with van der Waals surface area (Å²) in [6.45, 7) is 29.3. The van der Waals surface area contributed by atoms with Crippen molar-refractivity contribution in [2.24, 2.45) is 47.2 Å². The van der Waals surface area contributed by atoms with Gasteiger partial charge in [0.25, 0.3) is 5.91 Å². The minimum absolute atomic E-state index is 0.0368. The van der Waals surface area contributed by atoms with Crippen molar-refractivity contribution in [1.29, 1.82) is 0 Å². The molecule has 2 heterocycles. The van der Waals surface area contributed by atoms with Crippen molar-refractivity contribution in [2.75, 3.05) is 13.1 Å². The van der Waals surface area contributed by atoms with Gasteiger partial charge in [-0.1, -0.05) is 164 Å². The van der Waals surface area contributed by atoms with Gasteiger partial charge < -0.3 is 84.3 Å². The largest absolute Gasteiger partial charge is 0.458 e. The predicted octanol–water partition coefficient (Wildman–Crippen LogP) is 1.14. The maximum atomic E-state index is 15.0. The van der Waals surface area contributed by atoms with Gasteiger partial charge >= 0.3 is 5.97 Å². The first-order valence-electron chi connectivity index (χ1n) is 36.4. The Morgan fingerprint density at radius 3 is 1.71 bits per heavy atom. The molecule has 2 aliphatic heterocycles. The molecule has 2 saturated heterocycles. The number of likely N-dealkylation sites (tertiary alicyclic amines) is 1. The van der Waals surface area contributed by atoms with E-state index in [4.69, 9.17) is 10.5 Å². The summed E-state index contributed by atoms with van der Waals surface area (Å²) in [6.07, 6.45) is 5.41. The molecule has 0 bridgehead atoms. The number of ether oxygens (including phenoxy) is 1. The van der Waals surface area contributed by atoms with Crippen LogP contribution in [0.2, 0.25) is 0 Å². The van der Waals surface area contributed by atoms with Gasteiger partial charge in [-0.3, -0.25) is 62.3 Å². The number of nitrogens with zero attached hydrogens (tertiary/aromatic N) is 1. The molecule has 1 aromatic carbocycles. The van der Waals surface area contributed by atoms with E-state index in [-0.39, 0.29) is 50.9 Å². The zero-order valence-electron chi connectivity index (χ0n) is 63.9. The van der Waals surface area contributed by atoms with E-state index in [1.165, 1.54) is 43.9 Å². The number of cyclic esters (lactones) is 1. The highest BCUT2D eigenvalue weighted by Gasteiger charge is 2.44. The van der Waals surface area contributed by atoms with Crippen molar-refractivity contribution in [2.45, 2.75) is 254 Å². The summed E-state index contributed by atoms with van der Waals surface area (Å²) in [6, 6.07) is -7.81. The molecule has 30 heteroatoms. The second-order valence-corrected chi connectivity index (χ2v) is 28.7. The van der Waals surface area contributed by atoms with Gasteiger partial charge in [-0.25, -0.2) is 4.79 Å². The fraction of sp³-hybridized carbons (Fsp3) is 0.649. The second-order valence-electron chi connectivity index (χ2n) is 28.7. The molecule has 15 N–H and O–H groups in total. The molecule has 2 aliphatic rings. The van der Waals surface area contributed by atoms with Crippen LogP contribution in [0.15, 0.2) is 66.4 Å². The van der Waals surface area contributed by atoms with Gasteiger partial charge in [-0.15, -0.1) is 0 Å². The molecule has 1 aromatic rings. The molecule has 580 valence electrons. The van der Waals surface area contributed by atoms with Crippen LogP contribution in [0.25, 0.3) is 0 Å². The molecule has 13 amide bonds. The number of nitrogens with two attached hydrogens (primary N) is 1. The van der Waals surface area contributed by atoms with Crippen molar-refractivity contribution >= 4 is 82.8 Å². The zero-order valence-corrected chi connectivity index (χ0v) is 63.9. The molecule has 0 aliphatic carbocycles. The topological polar surface area (TPSA) is 442 Å². The smallest absolute Gasteiger partial charge is 0.329 e. The molecular weight excluding hydrogens is 1340 g/mol. The van der Waals surface area contributed by atoms with Crippen LogP contribution in [0.1, 0.15) is 169 Å². The fourth-order valence-corrected chi connectivity index (χ4v) is 11.7. The average Bonchev–Trinajstić information content (AvgIpc) is 1.47. The lowest BCUT2D eigenvalue weighted by Gasteiger charge is -2.33. The third-order valence-corrected chi connectivity index (χ3v) is 18.6. The minimum Gasteiger partial charge on any atom is -0.458 e. The van der Waals surface area contributed by atoms with E-state index >= 15 is 9.59 Å². The standard InChI is InChI=1S/C74H118N14O16/c1-19-23-25-34-52(90)79-53(38(5)6)67(96)86-60(45(17)89)71(100)81-55(40(9)10)68(97)82-56(41(11)12)73(102)88-36-29-33-51(88)65(94)77-49(32-28-35-75)63(92)84-58(43(15)20-2)70(99)87-61-46(18)104-74(103)57(42(13)14)83-62(91)48(22-4)76-64(93)50(37-47-30-26-24-27-31-47)78-66(95)54(39(7)8)80-69(98)59(44(16)21-3)85-72(61)101/h19,22-27,30-31,34,38-46,49-51,53-61,89H,20-21,28-29,32-33,35-37,75H2,1-18H3,(H,76,93)(H,77,94)(H,78,95)(H,79,90)(H,80,98)(H,81,100)(H,82,97)(H,83,91)(H,84,92)(H,85,101)(H,86,96)(H,87,99)/b23-19+,34-25+,48-22-/t43-,44-,45+,46+,49-,50-,51+,53+,54+,55-,56+,57-,58+,59+,60-,61+/m0/s1. The quantitative estimate of drug-likeness (QED) is 0.0282. The second kappa shape index (κ2) is 43.3. The van der Waals surface area contributed by atoms with Gasteiger partial charge in [0.2, 0.25) is 70.9 Å². The fourth-order valence-electron chi connectivity index (χ4n) is 11.7. The third kappa shape index (κ3) is 26.6. The number of hydrogen-bond acceptors (Lipinski definition) is 17. The number of hydrogen-bond donors (Lipinski definition) is 14. The maximum absolute atomic E-state index is 15.0. The van der Waals surface area contributed by atoms with Crippen molar-refractivity contribution < 1.29 is 77.0 Å². The summed E-state index contributed by atoms with van der Waals surface area (Å²) in [7, 11) is 0. The first kappa shape index (κ1) is 89.2. The van der Waals surface area contributed by atoms with Crippen molar-refractivity contribution in [3.05, 3.63) is 72.0 Å². The normalized spacial score (nSPS) is 22.8. The number of allylic oxidation sites excluding steroid dienone is 4. The first-order chi connectivity index (χ1) is 48.9. The Morgan fingerprint density at radius 1 is 0.625 bits per heavy atom. The summed E-state index contributed by atoms with van der Waals surface area (Å²) in [5, 5.41) is 42.9. The van der Waals surface area contributed by atoms with Crippen LogP contribution in [-0.4, -0.2) is 191 Å². The van der Waals surface area contributed by atoms with E-state index < -0.39 is 209 Å². The van der Waals surface area contributed by atoms with Crippen LogP contribution in [0.5, 0.6) is 0 Å². The number of rotatable bonds is 31. The summed E-state index contributed by atoms with van der Waals surface area (Å²) in [5.41, 5.74) is 6.33. The van der Waals surface area contributed by atoms with Gasteiger partial charge in [0, 0.05) is 19.0 Å². The number of aliphatic hydroxyl groups excluding tert-OH is 1. The number of nitrogens with one attached hydrogen (secondary N) is 12. The maximum Gasteiger partial charge on any atom is 0.329 e. The lowest BCUT2D eigenvalue weighted by molar-refractivity contribution is -0.157. The Balaban J connectivity index is 2.01. The van der Waals surface area contributed by atoms with Crippen LogP contribution in [0, 0.1) is 41.4 Å². The Kier molecular flexibility index (Phi) is 37.1. The van der Waals surface area contributed by atoms with Gasteiger partial charge in [0.05, 0.1) is 6.10 Å². The summed E-state index contributed by atoms with van der Waals surface area (Å²) in [4.78, 5) is 202. The van der Waals surface area contributed by atoms with E-state index in [9.17, 15) is 62.6 Å². The van der Waals surface area contributed by atoms with Crippen molar-refractivity contribution in [3.8, 4) is 0 Å². The van der Waals surface area contributed by atoms with E-state index in [2.05, 4.69) is 63.8 Å². The number of benzene rings is 1. The van der Waals surface area contributed by atoms with Crippen LogP contribution in [0.3, 0.4) is 0 Å². The average molecular weight is 1460 g/mol. The first-order valence-corrected chi connectivity index (χ1v) is 36.4. The van der Waals surface area contributed by atoms with Gasteiger partial charge in [0.1, 0.15) is 84.3 Å². The highest BCUT2D eigenvalue weighted by molar-refractivity contribution is 6.03. The van der Waals surface area contributed by atoms with E-state index in [0.29, 0.717) is 18.4 Å². The molecule has 0 saturated carbocycles. The Bertz CT molecular complexity index is 3230. The number of amides is 13. The van der Waals surface area contributed by atoms with Crippen LogP contribution < -0.4 is 69.5 Å². The molecule has 16 atom stereocenters. The SMILES string of the molecule is C/C=C1\NC(=O)[C@H](Cc2ccccc2)NC(=O)[C@@H](C(C)C)NC(=O)[C@@H]([C@@H](C)CC)NC(=O)[C@H](NC(=O)[C@H](NC(=O)[C@H](CCCN)NC(=O)[C@H]2CCCN2C(=O)[C@H](NC(=O)[C@@H](NC(=O)[C@@H](NC(=O)[C@H](NC(=O)/C=C/C=C/C)C(C)C)[C@@H](C)O)C(C)C)C(C)C)[C@@H](C)CC)[C@@H](C)OC(=O)[C@H](C(C)C)NC1=O. The van der Waals surface area contributed by atoms with E-state index in [0.717, 1.165) is 0 Å². The van der Waals surface area contributed by atoms with Gasteiger partial charge in [0.15, 0.2) is 0 Å². The lowest BCUT2D eigenvalue weighted by atomic mass is 9.95. The predicted molar refractivity (Wildman–Crippen MR) is 391 cm³/mol. The van der Waals surface area contributed by atoms with E-state index in [1.54, 1.807) is 146 Å². The lowest BCUT2D eigenvalue weighted by Crippen LogP contribution is -2.64. The summed E-state index contributed by atoms with van der Waals surface area (Å²) >= 11 is 0. The summed E-state index contributed by atoms with van der Waals surface area (Å²) in [5.74, 6) is -15.9. The van der Waals surface area contributed by atoms with Crippen LogP contribution in [0.4, 0.5) is 0 Å². The molecule has 0 unspecified atom stereocenters. The molecular formula is C74H118N14O16. The third-order valence-electron chi connectivity index (χ3n) is 18.6. The summed E-state index contributed by atoms with van der Waals surface area (Å²) < 4.78 is 5.96. The van der Waals surface area contributed by atoms with Crippen LogP contribution in [-0.2, 0) is 78.3 Å². The highest BCUT2D eigenvalue weighted by atomic mass is 16.5. The molecule has 3 rings (SSSR count). The zero-order chi connectivity index (χ0) is 78.6. The number of carbonyl (C=O) groups excluding carboxylic acids is 14. The van der Waals surface area contributed by atoms with Gasteiger partial charge in [-0.2, -0.15) is 0 Å². The van der Waals surface area contributed by atoms with Crippen LogP contribution >= 0.6 is 0 Å². The van der Waals surface area contributed by atoms with Crippen molar-refractivity contribution in [3.63, 3.8) is 0 Å². The Hall–Kier alpha value is -9.06. The molecule has 0 spiro atoms. The molecule has 30 nitrogen and oxygen atoms in total. The number of carbonyl (C=O) groups is 14. The molecule has 0 radical (unpaired) electrons. The number of esters is 1. The Morgan fingerprint density at radius 2 is 1.17 bits per heavy atom. The van der Waals surface area contributed by atoms with Gasteiger partial charge in [-0.05, 0) is 107 Å². The molecule has 104 heavy (non-hydrogen) atoms. The van der Waals surface area contributed by atoms with E-state index in [1.807, 2.05) is 0 Å². The molecule has 0 aromatic heterocycles. The van der Waals surface area contributed by atoms with Crippen molar-refractivity contribution in [1.82, 2.24) is 68.7 Å². The Labute approximate surface area is 612 Å². The minimum atomic E-state index is -1.83.